The van der Waals surface area contributed by atoms with Crippen molar-refractivity contribution in [2.45, 2.75) is 38.4 Å². The second-order valence-electron chi connectivity index (χ2n) is 5.14. The SMILES string of the molecule is CC1CCN(Cc2ccco2)C(CC#N)CN1C. The maximum absolute atomic E-state index is 8.99. The zero-order valence-corrected chi connectivity index (χ0v) is 11.2. The second-order valence-corrected chi connectivity index (χ2v) is 5.14. The van der Waals surface area contributed by atoms with Crippen molar-refractivity contribution in [3.8, 4) is 6.07 Å². The highest BCUT2D eigenvalue weighted by Crippen LogP contribution is 2.18. The van der Waals surface area contributed by atoms with Gasteiger partial charge < -0.3 is 9.32 Å². The fourth-order valence-electron chi connectivity index (χ4n) is 2.49. The van der Waals surface area contributed by atoms with Crippen LogP contribution in [0.3, 0.4) is 0 Å². The molecule has 1 aromatic rings. The molecule has 0 aromatic carbocycles. The average Bonchev–Trinajstić information content (AvgIpc) is 2.81. The van der Waals surface area contributed by atoms with Crippen molar-refractivity contribution in [3.63, 3.8) is 0 Å². The molecule has 2 rings (SSSR count). The van der Waals surface area contributed by atoms with Crippen LogP contribution in [0.1, 0.15) is 25.5 Å². The van der Waals surface area contributed by atoms with Crippen LogP contribution in [-0.2, 0) is 6.54 Å². The maximum Gasteiger partial charge on any atom is 0.117 e. The Morgan fingerprint density at radius 3 is 3.06 bits per heavy atom. The van der Waals surface area contributed by atoms with Gasteiger partial charge in [-0.25, -0.2) is 0 Å². The highest BCUT2D eigenvalue weighted by molar-refractivity contribution is 5.00. The molecule has 4 heteroatoms. The summed E-state index contributed by atoms with van der Waals surface area (Å²) in [5, 5.41) is 8.99. The number of nitriles is 1. The van der Waals surface area contributed by atoms with Crippen molar-refractivity contribution in [1.82, 2.24) is 9.80 Å². The Kier molecular flexibility index (Phi) is 4.40. The van der Waals surface area contributed by atoms with E-state index in [-0.39, 0.29) is 0 Å². The summed E-state index contributed by atoms with van der Waals surface area (Å²) in [5.74, 6) is 0.982. The summed E-state index contributed by atoms with van der Waals surface area (Å²) >= 11 is 0. The molecule has 4 nitrogen and oxygen atoms in total. The molecule has 2 atom stereocenters. The van der Waals surface area contributed by atoms with Crippen molar-refractivity contribution in [2.75, 3.05) is 20.1 Å². The van der Waals surface area contributed by atoms with Gasteiger partial charge >= 0.3 is 0 Å². The van der Waals surface area contributed by atoms with Gasteiger partial charge in [0.2, 0.25) is 0 Å². The number of likely N-dealkylation sites (N-methyl/N-ethyl adjacent to an activating group) is 1. The molecule has 18 heavy (non-hydrogen) atoms. The van der Waals surface area contributed by atoms with Crippen LogP contribution >= 0.6 is 0 Å². The maximum atomic E-state index is 8.99. The van der Waals surface area contributed by atoms with Crippen LogP contribution in [0.25, 0.3) is 0 Å². The van der Waals surface area contributed by atoms with E-state index in [4.69, 9.17) is 9.68 Å². The van der Waals surface area contributed by atoms with Crippen LogP contribution in [0, 0.1) is 11.3 Å². The fraction of sp³-hybridized carbons (Fsp3) is 0.643. The molecule has 98 valence electrons. The fourth-order valence-corrected chi connectivity index (χ4v) is 2.49. The first-order chi connectivity index (χ1) is 8.70. The van der Waals surface area contributed by atoms with Crippen molar-refractivity contribution in [3.05, 3.63) is 24.2 Å². The standard InChI is InChI=1S/C14H21N3O/c1-12-6-8-17(11-14-4-3-9-18-14)13(5-7-15)10-16(12)2/h3-4,9,12-13H,5-6,8,10-11H2,1-2H3. The topological polar surface area (TPSA) is 43.4 Å². The van der Waals surface area contributed by atoms with Crippen LogP contribution in [0.5, 0.6) is 0 Å². The molecular weight excluding hydrogens is 226 g/mol. The van der Waals surface area contributed by atoms with Crippen LogP contribution in [0.15, 0.2) is 22.8 Å². The lowest BCUT2D eigenvalue weighted by molar-refractivity contribution is 0.167. The Balaban J connectivity index is 2.07. The lowest BCUT2D eigenvalue weighted by atomic mass is 10.1. The average molecular weight is 247 g/mol. The van der Waals surface area contributed by atoms with Crippen LogP contribution in [0.2, 0.25) is 0 Å². The molecule has 0 saturated carbocycles. The smallest absolute Gasteiger partial charge is 0.117 e. The van der Waals surface area contributed by atoms with Gasteiger partial charge in [-0.15, -0.1) is 0 Å². The first kappa shape index (κ1) is 13.1. The monoisotopic (exact) mass is 247 g/mol. The van der Waals surface area contributed by atoms with E-state index < -0.39 is 0 Å². The van der Waals surface area contributed by atoms with E-state index in [1.807, 2.05) is 12.1 Å². The predicted molar refractivity (Wildman–Crippen MR) is 69.8 cm³/mol. The van der Waals surface area contributed by atoms with Gasteiger partial charge in [0.1, 0.15) is 5.76 Å². The molecule has 2 heterocycles. The molecule has 0 N–H and O–H groups in total. The van der Waals surface area contributed by atoms with Gasteiger partial charge in [-0.3, -0.25) is 4.90 Å². The summed E-state index contributed by atoms with van der Waals surface area (Å²) in [6.45, 7) is 5.04. The van der Waals surface area contributed by atoms with Gasteiger partial charge in [0.25, 0.3) is 0 Å². The molecule has 2 unspecified atom stereocenters. The largest absolute Gasteiger partial charge is 0.468 e. The van der Waals surface area contributed by atoms with E-state index in [0.29, 0.717) is 18.5 Å². The third-order valence-electron chi connectivity index (χ3n) is 3.87. The quantitative estimate of drug-likeness (QED) is 0.820. The molecule has 0 bridgehead atoms. The van der Waals surface area contributed by atoms with Gasteiger partial charge in [0.05, 0.1) is 25.3 Å². The zero-order chi connectivity index (χ0) is 13.0. The van der Waals surface area contributed by atoms with E-state index in [1.54, 1.807) is 6.26 Å². The van der Waals surface area contributed by atoms with Crippen molar-refractivity contribution in [1.29, 1.82) is 5.26 Å². The van der Waals surface area contributed by atoms with E-state index in [2.05, 4.69) is 29.8 Å². The van der Waals surface area contributed by atoms with E-state index in [1.165, 1.54) is 0 Å². The molecule has 0 aliphatic carbocycles. The Morgan fingerprint density at radius 1 is 1.56 bits per heavy atom. The van der Waals surface area contributed by atoms with Gasteiger partial charge in [-0.05, 0) is 32.5 Å². The van der Waals surface area contributed by atoms with Gasteiger partial charge in [-0.2, -0.15) is 5.26 Å². The Bertz CT molecular complexity index is 396. The number of hydrogen-bond donors (Lipinski definition) is 0. The lowest BCUT2D eigenvalue weighted by Gasteiger charge is -2.28. The van der Waals surface area contributed by atoms with Crippen LogP contribution in [0.4, 0.5) is 0 Å². The Hall–Kier alpha value is -1.31. The molecule has 1 fully saturated rings. The third-order valence-corrected chi connectivity index (χ3v) is 3.87. The molecule has 1 aliphatic heterocycles. The normalized spacial score (nSPS) is 26.7. The zero-order valence-electron chi connectivity index (χ0n) is 11.2. The Labute approximate surface area is 109 Å². The minimum absolute atomic E-state index is 0.301. The molecule has 0 spiro atoms. The Morgan fingerprint density at radius 2 is 2.39 bits per heavy atom. The summed E-state index contributed by atoms with van der Waals surface area (Å²) in [4.78, 5) is 4.73. The molecule has 0 amide bonds. The van der Waals surface area contributed by atoms with E-state index in [9.17, 15) is 0 Å². The highest BCUT2D eigenvalue weighted by atomic mass is 16.3. The van der Waals surface area contributed by atoms with Gasteiger partial charge in [0, 0.05) is 25.2 Å². The molecule has 1 aromatic heterocycles. The van der Waals surface area contributed by atoms with Crippen molar-refractivity contribution in [2.24, 2.45) is 0 Å². The van der Waals surface area contributed by atoms with Gasteiger partial charge in [0.15, 0.2) is 0 Å². The summed E-state index contributed by atoms with van der Waals surface area (Å²) in [6.07, 6.45) is 3.43. The minimum Gasteiger partial charge on any atom is -0.468 e. The molecular formula is C14H21N3O. The lowest BCUT2D eigenvalue weighted by Crippen LogP contribution is -2.40. The number of furan rings is 1. The predicted octanol–water partition coefficient (Wildman–Crippen LogP) is 2.09. The van der Waals surface area contributed by atoms with E-state index in [0.717, 1.165) is 31.8 Å². The second kappa shape index (κ2) is 6.03. The highest BCUT2D eigenvalue weighted by Gasteiger charge is 2.26. The molecule has 1 aliphatic rings. The summed E-state index contributed by atoms with van der Waals surface area (Å²) < 4.78 is 5.42. The molecule has 1 saturated heterocycles. The summed E-state index contributed by atoms with van der Waals surface area (Å²) in [6, 6.07) is 7.11. The first-order valence-corrected chi connectivity index (χ1v) is 6.54. The van der Waals surface area contributed by atoms with Gasteiger partial charge in [-0.1, -0.05) is 0 Å². The summed E-state index contributed by atoms with van der Waals surface area (Å²) in [5.41, 5.74) is 0. The van der Waals surface area contributed by atoms with Crippen molar-refractivity contribution >= 4 is 0 Å². The van der Waals surface area contributed by atoms with Crippen LogP contribution in [-0.4, -0.2) is 42.0 Å². The third kappa shape index (κ3) is 3.12. The van der Waals surface area contributed by atoms with Crippen molar-refractivity contribution < 1.29 is 4.42 Å². The summed E-state index contributed by atoms with van der Waals surface area (Å²) in [7, 11) is 2.14. The number of nitrogens with zero attached hydrogens (tertiary/aromatic N) is 3. The van der Waals surface area contributed by atoms with Crippen LogP contribution < -0.4 is 0 Å². The molecule has 0 radical (unpaired) electrons. The number of hydrogen-bond acceptors (Lipinski definition) is 4. The minimum atomic E-state index is 0.301. The first-order valence-electron chi connectivity index (χ1n) is 6.54. The number of rotatable bonds is 3. The van der Waals surface area contributed by atoms with E-state index >= 15 is 0 Å².